The van der Waals surface area contributed by atoms with E-state index in [1.807, 2.05) is 31.2 Å². The van der Waals surface area contributed by atoms with Gasteiger partial charge < -0.3 is 10.5 Å². The van der Waals surface area contributed by atoms with Crippen molar-refractivity contribution >= 4 is 46.5 Å². The van der Waals surface area contributed by atoms with Gasteiger partial charge in [0.1, 0.15) is 0 Å². The highest BCUT2D eigenvalue weighted by molar-refractivity contribution is 6.76. The Morgan fingerprint density at radius 1 is 0.871 bits per heavy atom. The molecule has 31 heavy (non-hydrogen) atoms. The number of carbonyl (C=O) groups is 1. The van der Waals surface area contributed by atoms with Crippen LogP contribution in [0.4, 0.5) is 0 Å². The van der Waals surface area contributed by atoms with Crippen molar-refractivity contribution < 1.29 is 9.90 Å². The maximum Gasteiger partial charge on any atom is 0.314 e. The van der Waals surface area contributed by atoms with Crippen LogP contribution in [0.25, 0.3) is 0 Å². The Morgan fingerprint density at radius 3 is 1.48 bits per heavy atom. The molecule has 2 aromatic carbocycles. The fourth-order valence-corrected chi connectivity index (χ4v) is 3.06. The normalized spacial score (nSPS) is 17.3. The van der Waals surface area contributed by atoms with Gasteiger partial charge in [0.05, 0.1) is 11.1 Å². The first-order valence-electron chi connectivity index (χ1n) is 10.3. The van der Waals surface area contributed by atoms with E-state index in [1.165, 1.54) is 36.5 Å². The molecule has 0 heterocycles. The summed E-state index contributed by atoms with van der Waals surface area (Å²) in [6.45, 7) is 7.92. The molecule has 2 aliphatic rings. The van der Waals surface area contributed by atoms with Crippen LogP contribution in [0, 0.1) is 19.3 Å². The average Bonchev–Trinajstić information content (AvgIpc) is 3.60. The number of rotatable bonds is 3. The molecule has 2 saturated carbocycles. The number of benzene rings is 2. The summed E-state index contributed by atoms with van der Waals surface area (Å²) in [6, 6.07) is 16.7. The quantitative estimate of drug-likeness (QED) is 0.350. The number of aryl methyl sites for hydroxylation is 2. The topological polar surface area (TPSA) is 61.2 Å². The lowest BCUT2D eigenvalue weighted by atomic mass is 9.95. The van der Waals surface area contributed by atoms with E-state index in [9.17, 15) is 4.79 Å². The fourth-order valence-electron chi connectivity index (χ4n) is 3.06. The Kier molecular flexibility index (Phi) is 8.24. The number of hydrogen-bond acceptors (Lipinski definition) is 2. The molecule has 0 radical (unpaired) electrons. The van der Waals surface area contributed by atoms with Crippen molar-refractivity contribution in [3.8, 4) is 0 Å². The highest BCUT2D eigenvalue weighted by Gasteiger charge is 2.51. The Bertz CT molecular complexity index is 907. The van der Waals surface area contributed by atoms with Crippen molar-refractivity contribution in [3.05, 3.63) is 70.8 Å². The van der Waals surface area contributed by atoms with Gasteiger partial charge in [0.15, 0.2) is 0 Å². The Labute approximate surface area is 200 Å². The van der Waals surface area contributed by atoms with Crippen molar-refractivity contribution in [2.24, 2.45) is 0 Å². The molecule has 6 heteroatoms. The van der Waals surface area contributed by atoms with Crippen molar-refractivity contribution in [2.45, 2.75) is 68.0 Å². The highest BCUT2D eigenvalue weighted by Crippen LogP contribution is 2.48. The first-order chi connectivity index (χ1) is 14.3. The number of alkyl halides is 3. The summed E-state index contributed by atoms with van der Waals surface area (Å²) in [7, 11) is 0. The molecule has 168 valence electrons. The van der Waals surface area contributed by atoms with Crippen molar-refractivity contribution in [1.82, 2.24) is 0 Å². The third kappa shape index (κ3) is 7.24. The zero-order chi connectivity index (χ0) is 23.4. The van der Waals surface area contributed by atoms with Crippen LogP contribution in [-0.4, -0.2) is 20.6 Å². The number of nitrogens with one attached hydrogen (secondary N) is 1. The lowest BCUT2D eigenvalue weighted by molar-refractivity contribution is -0.140. The first-order valence-corrected chi connectivity index (χ1v) is 11.4. The zero-order valence-corrected chi connectivity index (χ0v) is 20.7. The van der Waals surface area contributed by atoms with E-state index in [0.29, 0.717) is 5.41 Å². The molecule has 0 unspecified atom stereocenters. The number of halogens is 3. The van der Waals surface area contributed by atoms with Gasteiger partial charge in [-0.2, -0.15) is 0 Å². The minimum Gasteiger partial charge on any atom is -0.481 e. The second kappa shape index (κ2) is 9.94. The average molecular weight is 483 g/mol. The minimum atomic E-state index is -1.50. The van der Waals surface area contributed by atoms with Crippen LogP contribution in [0.3, 0.4) is 0 Å². The van der Waals surface area contributed by atoms with Crippen LogP contribution in [0.2, 0.25) is 0 Å². The van der Waals surface area contributed by atoms with Gasteiger partial charge in [-0.15, -0.1) is 0 Å². The third-order valence-corrected chi connectivity index (χ3v) is 6.79. The fraction of sp³-hybridized carbons (Fsp3) is 0.440. The van der Waals surface area contributed by atoms with Gasteiger partial charge in [-0.3, -0.25) is 4.79 Å². The van der Waals surface area contributed by atoms with Crippen LogP contribution in [0.15, 0.2) is 48.5 Å². The molecular formula is C25H30Cl3NO2. The molecule has 0 spiro atoms. The summed E-state index contributed by atoms with van der Waals surface area (Å²) < 4.78 is -1.50. The van der Waals surface area contributed by atoms with Gasteiger partial charge in [0.2, 0.25) is 3.79 Å². The number of aliphatic carboxylic acids is 1. The Morgan fingerprint density at radius 2 is 1.23 bits per heavy atom. The predicted molar refractivity (Wildman–Crippen MR) is 131 cm³/mol. The van der Waals surface area contributed by atoms with E-state index in [-0.39, 0.29) is 5.71 Å². The molecule has 4 rings (SSSR count). The molecule has 2 aliphatic carbocycles. The first kappa shape index (κ1) is 25.7. The lowest BCUT2D eigenvalue weighted by Gasteiger charge is -2.09. The van der Waals surface area contributed by atoms with E-state index < -0.39 is 15.2 Å². The van der Waals surface area contributed by atoms with Crippen LogP contribution in [-0.2, 0) is 15.6 Å². The molecule has 0 saturated heterocycles. The van der Waals surface area contributed by atoms with Gasteiger partial charge in [-0.25, -0.2) is 0 Å². The van der Waals surface area contributed by atoms with Crippen molar-refractivity contribution in [1.29, 1.82) is 5.41 Å². The Balaban J connectivity index is 0.000000174. The van der Waals surface area contributed by atoms with E-state index >= 15 is 0 Å². The van der Waals surface area contributed by atoms with Crippen molar-refractivity contribution in [2.75, 3.05) is 0 Å². The smallest absolute Gasteiger partial charge is 0.314 e. The summed E-state index contributed by atoms with van der Waals surface area (Å²) in [5.74, 6) is -0.684. The van der Waals surface area contributed by atoms with Gasteiger partial charge in [0, 0.05) is 0 Å². The van der Waals surface area contributed by atoms with Crippen LogP contribution >= 0.6 is 34.8 Å². The van der Waals surface area contributed by atoms with Crippen LogP contribution < -0.4 is 0 Å². The monoisotopic (exact) mass is 481 g/mol. The summed E-state index contributed by atoms with van der Waals surface area (Å²) >= 11 is 15.5. The largest absolute Gasteiger partial charge is 0.481 e. The number of carboxylic acid groups (broad SMARTS) is 1. The second-order valence-electron chi connectivity index (χ2n) is 8.80. The van der Waals surface area contributed by atoms with E-state index in [1.54, 1.807) is 0 Å². The molecule has 0 bridgehead atoms. The Hall–Kier alpha value is -1.55. The lowest BCUT2D eigenvalue weighted by Crippen LogP contribution is -2.19. The molecule has 2 N–H and O–H groups in total. The molecule has 2 aromatic rings. The zero-order valence-electron chi connectivity index (χ0n) is 18.4. The minimum absolute atomic E-state index is 0.0394. The molecular weight excluding hydrogens is 453 g/mol. The molecule has 0 aliphatic heterocycles. The van der Waals surface area contributed by atoms with E-state index in [2.05, 4.69) is 38.1 Å². The summed E-state index contributed by atoms with van der Waals surface area (Å²) in [5, 5.41) is 15.8. The summed E-state index contributed by atoms with van der Waals surface area (Å²) in [6.07, 6.45) is 4.31. The standard InChI is InChI=1S/C11H12O2.C11H14.C3H4Cl3N/c1-8-2-4-9(5-3-8)11(6-7-11)10(12)13;1-9-3-5-10(6-4-9)11(2)7-8-11;1-2(7)3(4,5)6/h2-5H,6-7H2,1H3,(H,12,13);3-6H,7-8H2,1-2H3;7H,1H3. The predicted octanol–water partition coefficient (Wildman–Crippen LogP) is 7.55. The van der Waals surface area contributed by atoms with Crippen molar-refractivity contribution in [3.63, 3.8) is 0 Å². The summed E-state index contributed by atoms with van der Waals surface area (Å²) in [4.78, 5) is 11.0. The third-order valence-electron chi connectivity index (χ3n) is 5.94. The van der Waals surface area contributed by atoms with Crippen LogP contribution in [0.5, 0.6) is 0 Å². The molecule has 0 aromatic heterocycles. The molecule has 0 atom stereocenters. The van der Waals surface area contributed by atoms with Gasteiger partial charge in [-0.05, 0) is 63.0 Å². The summed E-state index contributed by atoms with van der Waals surface area (Å²) in [5.41, 5.74) is 5.02. The molecule has 2 fully saturated rings. The van der Waals surface area contributed by atoms with Gasteiger partial charge >= 0.3 is 5.97 Å². The van der Waals surface area contributed by atoms with E-state index in [0.717, 1.165) is 18.4 Å². The highest BCUT2D eigenvalue weighted by atomic mass is 35.6. The van der Waals surface area contributed by atoms with Gasteiger partial charge in [0.25, 0.3) is 0 Å². The SMILES string of the molecule is CC(=N)C(Cl)(Cl)Cl.Cc1ccc(C2(C(=O)O)CC2)cc1.Cc1ccc(C2(C)CC2)cc1. The maximum atomic E-state index is 11.0. The molecule has 3 nitrogen and oxygen atoms in total. The molecule has 0 amide bonds. The van der Waals surface area contributed by atoms with Gasteiger partial charge in [-0.1, -0.05) is 101 Å². The second-order valence-corrected chi connectivity index (χ2v) is 11.1. The number of hydrogen-bond donors (Lipinski definition) is 2. The maximum absolute atomic E-state index is 11.0. The van der Waals surface area contributed by atoms with E-state index in [4.69, 9.17) is 45.3 Å². The van der Waals surface area contributed by atoms with Crippen LogP contribution in [0.1, 0.15) is 61.8 Å². The number of carboxylic acids is 1.